The highest BCUT2D eigenvalue weighted by Gasteiger charge is 2.10. The number of nitrogens with one attached hydrogen (secondary N) is 1. The lowest BCUT2D eigenvalue weighted by Crippen LogP contribution is -2.16. The summed E-state index contributed by atoms with van der Waals surface area (Å²) in [5, 5.41) is 12.0. The standard InChI is InChI=1S/C11H14Cl2N2O2S/c12-7-4-8(13)11(9(14)5-7)15-10(17)6-18-3-1-2-16/h4-5,16H,1-3,6,14H2,(H,15,17). The number of nitrogens with two attached hydrogens (primary N) is 1. The minimum absolute atomic E-state index is 0.130. The molecule has 4 N–H and O–H groups in total. The van der Waals surface area contributed by atoms with Crippen LogP contribution < -0.4 is 11.1 Å². The Kier molecular flexibility index (Phi) is 6.63. The van der Waals surface area contributed by atoms with Gasteiger partial charge in [-0.15, -0.1) is 0 Å². The molecular weight excluding hydrogens is 295 g/mol. The molecule has 0 aromatic heterocycles. The predicted octanol–water partition coefficient (Wildman–Crippen LogP) is 2.63. The van der Waals surface area contributed by atoms with Crippen LogP contribution in [0.25, 0.3) is 0 Å². The Morgan fingerprint density at radius 1 is 1.44 bits per heavy atom. The molecule has 4 nitrogen and oxygen atoms in total. The van der Waals surface area contributed by atoms with Crippen LogP contribution in [0.3, 0.4) is 0 Å². The smallest absolute Gasteiger partial charge is 0.234 e. The van der Waals surface area contributed by atoms with Crippen molar-refractivity contribution in [2.45, 2.75) is 6.42 Å². The van der Waals surface area contributed by atoms with Crippen LogP contribution >= 0.6 is 35.0 Å². The number of amides is 1. The number of hydrogen-bond donors (Lipinski definition) is 3. The highest BCUT2D eigenvalue weighted by Crippen LogP contribution is 2.32. The third-order valence-electron chi connectivity index (χ3n) is 2.03. The third kappa shape index (κ3) is 4.94. The molecular formula is C11H14Cl2N2O2S. The van der Waals surface area contributed by atoms with E-state index < -0.39 is 0 Å². The van der Waals surface area contributed by atoms with Crippen LogP contribution in [0.1, 0.15) is 6.42 Å². The quantitative estimate of drug-likeness (QED) is 0.558. The number of halogens is 2. The summed E-state index contributed by atoms with van der Waals surface area (Å²) in [5.74, 6) is 0.834. The van der Waals surface area contributed by atoms with Crippen molar-refractivity contribution in [3.8, 4) is 0 Å². The van der Waals surface area contributed by atoms with Gasteiger partial charge in [0.2, 0.25) is 5.91 Å². The largest absolute Gasteiger partial charge is 0.397 e. The van der Waals surface area contributed by atoms with E-state index in [1.54, 1.807) is 0 Å². The fourth-order valence-corrected chi connectivity index (χ4v) is 2.52. The average molecular weight is 309 g/mol. The number of carbonyl (C=O) groups is 1. The van der Waals surface area contributed by atoms with Crippen LogP contribution in [0.2, 0.25) is 10.0 Å². The summed E-state index contributed by atoms with van der Waals surface area (Å²) in [4.78, 5) is 11.6. The van der Waals surface area contributed by atoms with Crippen molar-refractivity contribution in [2.75, 3.05) is 29.2 Å². The first-order chi connectivity index (χ1) is 8.54. The molecule has 0 aliphatic heterocycles. The molecule has 0 fully saturated rings. The summed E-state index contributed by atoms with van der Waals surface area (Å²) < 4.78 is 0. The fraction of sp³-hybridized carbons (Fsp3) is 0.364. The van der Waals surface area contributed by atoms with Gasteiger partial charge < -0.3 is 16.2 Å². The van der Waals surface area contributed by atoms with E-state index in [-0.39, 0.29) is 12.5 Å². The van der Waals surface area contributed by atoms with Crippen molar-refractivity contribution in [3.63, 3.8) is 0 Å². The van der Waals surface area contributed by atoms with Crippen LogP contribution in [0, 0.1) is 0 Å². The highest BCUT2D eigenvalue weighted by molar-refractivity contribution is 7.99. The molecule has 7 heteroatoms. The van der Waals surface area contributed by atoms with E-state index in [4.69, 9.17) is 34.0 Å². The molecule has 0 atom stereocenters. The Morgan fingerprint density at radius 2 is 2.17 bits per heavy atom. The molecule has 0 saturated carbocycles. The van der Waals surface area contributed by atoms with Crippen molar-refractivity contribution in [3.05, 3.63) is 22.2 Å². The molecule has 0 aliphatic rings. The van der Waals surface area contributed by atoms with Gasteiger partial charge in [-0.25, -0.2) is 0 Å². The number of anilines is 2. The Bertz CT molecular complexity index is 406. The second-order valence-electron chi connectivity index (χ2n) is 3.53. The van der Waals surface area contributed by atoms with Crippen molar-refractivity contribution >= 4 is 52.2 Å². The summed E-state index contributed by atoms with van der Waals surface area (Å²) >= 11 is 13.2. The number of rotatable bonds is 6. The number of benzene rings is 1. The highest BCUT2D eigenvalue weighted by atomic mass is 35.5. The maximum Gasteiger partial charge on any atom is 0.234 e. The molecule has 0 heterocycles. The third-order valence-corrected chi connectivity index (χ3v) is 3.59. The lowest BCUT2D eigenvalue weighted by atomic mass is 10.2. The van der Waals surface area contributed by atoms with E-state index >= 15 is 0 Å². The SMILES string of the molecule is Nc1cc(Cl)cc(Cl)c1NC(=O)CSCCCO. The first-order valence-corrected chi connectivity index (χ1v) is 7.18. The van der Waals surface area contributed by atoms with Crippen molar-refractivity contribution in [1.29, 1.82) is 0 Å². The number of hydrogen-bond acceptors (Lipinski definition) is 4. The molecule has 0 spiro atoms. The second-order valence-corrected chi connectivity index (χ2v) is 5.48. The molecule has 0 aliphatic carbocycles. The molecule has 18 heavy (non-hydrogen) atoms. The van der Waals surface area contributed by atoms with Gasteiger partial charge in [-0.3, -0.25) is 4.79 Å². The summed E-state index contributed by atoms with van der Waals surface area (Å²) in [6.07, 6.45) is 0.668. The molecule has 1 aromatic rings. The number of nitrogen functional groups attached to an aromatic ring is 1. The van der Waals surface area contributed by atoms with Gasteiger partial charge in [0.15, 0.2) is 0 Å². The van der Waals surface area contributed by atoms with E-state index in [2.05, 4.69) is 5.32 Å². The summed E-state index contributed by atoms with van der Waals surface area (Å²) in [7, 11) is 0. The van der Waals surface area contributed by atoms with Crippen molar-refractivity contribution < 1.29 is 9.90 Å². The second kappa shape index (κ2) is 7.74. The van der Waals surface area contributed by atoms with Crippen LogP contribution in [0.4, 0.5) is 11.4 Å². The minimum atomic E-state index is -0.186. The first-order valence-electron chi connectivity index (χ1n) is 5.27. The van der Waals surface area contributed by atoms with E-state index in [1.807, 2.05) is 0 Å². The molecule has 100 valence electrons. The van der Waals surface area contributed by atoms with Gasteiger partial charge in [0, 0.05) is 11.6 Å². The van der Waals surface area contributed by atoms with E-state index in [9.17, 15) is 4.79 Å². The van der Waals surface area contributed by atoms with Crippen molar-refractivity contribution in [1.82, 2.24) is 0 Å². The Hall–Kier alpha value is -0.620. The topological polar surface area (TPSA) is 75.3 Å². The number of aliphatic hydroxyl groups is 1. The number of carbonyl (C=O) groups excluding carboxylic acids is 1. The Balaban J connectivity index is 2.54. The molecule has 1 amide bonds. The van der Waals surface area contributed by atoms with E-state index in [0.29, 0.717) is 33.6 Å². The van der Waals surface area contributed by atoms with Crippen LogP contribution in [-0.2, 0) is 4.79 Å². The zero-order chi connectivity index (χ0) is 13.5. The molecule has 0 saturated heterocycles. The Morgan fingerprint density at radius 3 is 2.78 bits per heavy atom. The van der Waals surface area contributed by atoms with Gasteiger partial charge in [0.05, 0.1) is 22.2 Å². The zero-order valence-electron chi connectivity index (χ0n) is 9.58. The van der Waals surface area contributed by atoms with Gasteiger partial charge in [-0.05, 0) is 24.3 Å². The summed E-state index contributed by atoms with van der Waals surface area (Å²) in [5.41, 5.74) is 6.44. The maximum atomic E-state index is 11.6. The average Bonchev–Trinajstić information content (AvgIpc) is 2.29. The van der Waals surface area contributed by atoms with Crippen LogP contribution in [0.5, 0.6) is 0 Å². The number of thioether (sulfide) groups is 1. The summed E-state index contributed by atoms with van der Waals surface area (Å²) in [6, 6.07) is 3.05. The van der Waals surface area contributed by atoms with Gasteiger partial charge in [-0.1, -0.05) is 23.2 Å². The van der Waals surface area contributed by atoms with Crippen LogP contribution in [0.15, 0.2) is 12.1 Å². The first kappa shape index (κ1) is 15.4. The van der Waals surface area contributed by atoms with E-state index in [1.165, 1.54) is 23.9 Å². The molecule has 1 aromatic carbocycles. The van der Waals surface area contributed by atoms with Gasteiger partial charge >= 0.3 is 0 Å². The summed E-state index contributed by atoms with van der Waals surface area (Å²) in [6.45, 7) is 0.130. The zero-order valence-corrected chi connectivity index (χ0v) is 11.9. The van der Waals surface area contributed by atoms with E-state index in [0.717, 1.165) is 5.75 Å². The van der Waals surface area contributed by atoms with Gasteiger partial charge in [0.1, 0.15) is 0 Å². The van der Waals surface area contributed by atoms with Crippen molar-refractivity contribution in [2.24, 2.45) is 0 Å². The maximum absolute atomic E-state index is 11.6. The lowest BCUT2D eigenvalue weighted by Gasteiger charge is -2.10. The predicted molar refractivity (Wildman–Crippen MR) is 78.5 cm³/mol. The molecule has 0 radical (unpaired) electrons. The fourth-order valence-electron chi connectivity index (χ4n) is 1.23. The lowest BCUT2D eigenvalue weighted by molar-refractivity contribution is -0.113. The van der Waals surface area contributed by atoms with Crippen LogP contribution in [-0.4, -0.2) is 29.1 Å². The molecule has 1 rings (SSSR count). The number of aliphatic hydroxyl groups excluding tert-OH is 1. The molecule has 0 unspecified atom stereocenters. The Labute approximate surface area is 120 Å². The molecule has 0 bridgehead atoms. The van der Waals surface area contributed by atoms with Gasteiger partial charge in [-0.2, -0.15) is 11.8 Å². The monoisotopic (exact) mass is 308 g/mol. The normalized spacial score (nSPS) is 10.4. The van der Waals surface area contributed by atoms with Gasteiger partial charge in [0.25, 0.3) is 0 Å². The minimum Gasteiger partial charge on any atom is -0.397 e.